The molecule has 4 rings (SSSR count). The Labute approximate surface area is 173 Å². The molecule has 2 aliphatic heterocycles. The molecule has 2 aromatic carbocycles. The van der Waals surface area contributed by atoms with Gasteiger partial charge in [0, 0.05) is 24.3 Å². The maximum absolute atomic E-state index is 13.9. The molecule has 0 aliphatic carbocycles. The van der Waals surface area contributed by atoms with Gasteiger partial charge in [0.15, 0.2) is 0 Å². The number of nitrogens with zero attached hydrogens (tertiary/aromatic N) is 2. The van der Waals surface area contributed by atoms with Crippen LogP contribution in [-0.4, -0.2) is 42.3 Å². The number of halogens is 1. The van der Waals surface area contributed by atoms with Gasteiger partial charge >= 0.3 is 0 Å². The summed E-state index contributed by atoms with van der Waals surface area (Å²) < 4.78 is 19.3. The monoisotopic (exact) mass is 412 g/mol. The van der Waals surface area contributed by atoms with Crippen molar-refractivity contribution < 1.29 is 18.7 Å². The van der Waals surface area contributed by atoms with Gasteiger partial charge in [0.1, 0.15) is 5.82 Å². The number of imide groups is 1. The fraction of sp³-hybridized carbons (Fsp3) is 0.273. The van der Waals surface area contributed by atoms with E-state index in [-0.39, 0.29) is 17.7 Å². The highest BCUT2D eigenvalue weighted by Gasteiger charge is 2.35. The number of carbonyl (C=O) groups excluding carboxylic acids is 2. The fourth-order valence-corrected chi connectivity index (χ4v) is 4.24. The summed E-state index contributed by atoms with van der Waals surface area (Å²) in [7, 11) is 0. The van der Waals surface area contributed by atoms with Crippen LogP contribution in [0.25, 0.3) is 6.08 Å². The lowest BCUT2D eigenvalue weighted by Gasteiger charge is -2.29. The van der Waals surface area contributed by atoms with Crippen LogP contribution < -0.4 is 4.90 Å². The van der Waals surface area contributed by atoms with E-state index in [2.05, 4.69) is 11.0 Å². The number of ether oxygens (including phenoxy) is 1. The first kappa shape index (κ1) is 19.7. The summed E-state index contributed by atoms with van der Waals surface area (Å²) in [5.41, 5.74) is 3.35. The van der Waals surface area contributed by atoms with Crippen LogP contribution in [0, 0.1) is 12.7 Å². The average molecular weight is 412 g/mol. The molecule has 2 fully saturated rings. The van der Waals surface area contributed by atoms with E-state index < -0.39 is 5.82 Å². The third-order valence-corrected chi connectivity index (χ3v) is 5.98. The van der Waals surface area contributed by atoms with Crippen LogP contribution in [0.4, 0.5) is 14.9 Å². The molecule has 2 heterocycles. The zero-order chi connectivity index (χ0) is 20.4. The van der Waals surface area contributed by atoms with Crippen LogP contribution in [0.15, 0.2) is 47.4 Å². The average Bonchev–Trinajstić information content (AvgIpc) is 2.99. The van der Waals surface area contributed by atoms with E-state index in [0.29, 0.717) is 10.5 Å². The van der Waals surface area contributed by atoms with E-state index in [9.17, 15) is 14.0 Å². The molecule has 0 N–H and O–H groups in total. The van der Waals surface area contributed by atoms with Crippen molar-refractivity contribution in [1.29, 1.82) is 0 Å². The van der Waals surface area contributed by atoms with Crippen LogP contribution in [0.5, 0.6) is 0 Å². The van der Waals surface area contributed by atoms with Crippen molar-refractivity contribution in [3.63, 3.8) is 0 Å². The highest BCUT2D eigenvalue weighted by atomic mass is 32.2. The largest absolute Gasteiger partial charge is 0.378 e. The molecule has 2 aliphatic rings. The molecule has 0 aromatic heterocycles. The van der Waals surface area contributed by atoms with Gasteiger partial charge in [0.25, 0.3) is 11.1 Å². The first-order valence-electron chi connectivity index (χ1n) is 9.45. The molecule has 29 heavy (non-hydrogen) atoms. The Balaban J connectivity index is 1.53. The Hall–Kier alpha value is -2.64. The van der Waals surface area contributed by atoms with Gasteiger partial charge in [-0.3, -0.25) is 14.5 Å². The molecule has 5 nitrogen and oxygen atoms in total. The molecule has 2 amide bonds. The zero-order valence-corrected chi connectivity index (χ0v) is 16.9. The minimum Gasteiger partial charge on any atom is -0.378 e. The first-order chi connectivity index (χ1) is 14.0. The van der Waals surface area contributed by atoms with Gasteiger partial charge in [-0.1, -0.05) is 24.3 Å². The van der Waals surface area contributed by atoms with E-state index >= 15 is 0 Å². The van der Waals surface area contributed by atoms with Gasteiger partial charge in [0.05, 0.1) is 24.7 Å². The van der Waals surface area contributed by atoms with Crippen molar-refractivity contribution in [2.45, 2.75) is 13.5 Å². The molecule has 0 spiro atoms. The van der Waals surface area contributed by atoms with E-state index in [1.807, 2.05) is 19.1 Å². The second-order valence-corrected chi connectivity index (χ2v) is 7.99. The normalized spacial score (nSPS) is 18.8. The summed E-state index contributed by atoms with van der Waals surface area (Å²) in [4.78, 5) is 28.8. The van der Waals surface area contributed by atoms with Crippen LogP contribution in [0.1, 0.15) is 16.7 Å². The van der Waals surface area contributed by atoms with Crippen molar-refractivity contribution in [2.75, 3.05) is 31.2 Å². The number of benzene rings is 2. The van der Waals surface area contributed by atoms with E-state index in [0.717, 1.165) is 59.8 Å². The molecular formula is C22H21FN2O3S. The number of hydrogen-bond acceptors (Lipinski definition) is 5. The van der Waals surface area contributed by atoms with Gasteiger partial charge in [-0.05, 0) is 54.1 Å². The van der Waals surface area contributed by atoms with E-state index in [4.69, 9.17) is 4.74 Å². The maximum Gasteiger partial charge on any atom is 0.293 e. The molecule has 2 aromatic rings. The third kappa shape index (κ3) is 4.21. The third-order valence-electron chi connectivity index (χ3n) is 5.08. The highest BCUT2D eigenvalue weighted by molar-refractivity contribution is 8.18. The Morgan fingerprint density at radius 1 is 1.14 bits per heavy atom. The molecule has 150 valence electrons. The summed E-state index contributed by atoms with van der Waals surface area (Å²) >= 11 is 0.892. The lowest BCUT2D eigenvalue weighted by molar-refractivity contribution is -0.123. The Morgan fingerprint density at radius 3 is 2.62 bits per heavy atom. The molecule has 0 saturated carbocycles. The molecule has 0 radical (unpaired) electrons. The molecular weight excluding hydrogens is 391 g/mol. The quantitative estimate of drug-likeness (QED) is 0.705. The van der Waals surface area contributed by atoms with E-state index in [1.54, 1.807) is 24.3 Å². The van der Waals surface area contributed by atoms with Gasteiger partial charge in [-0.25, -0.2) is 4.39 Å². The molecule has 0 atom stereocenters. The van der Waals surface area contributed by atoms with Crippen molar-refractivity contribution >= 4 is 34.7 Å². The van der Waals surface area contributed by atoms with Crippen molar-refractivity contribution in [1.82, 2.24) is 4.90 Å². The minimum absolute atomic E-state index is 0.0658. The standard InChI is InChI=1S/C22H21FN2O3S/c1-15-12-18(24-8-10-28-11-9-24)7-6-16(15)13-20-21(26)25(22(27)29-20)14-17-4-2-3-5-19(17)23/h2-7,12-13H,8-11,14H2,1H3/b20-13-. The summed E-state index contributed by atoms with van der Waals surface area (Å²) in [5, 5.41) is -0.382. The molecule has 2 saturated heterocycles. The number of thioether (sulfide) groups is 1. The van der Waals surface area contributed by atoms with Gasteiger partial charge in [0.2, 0.25) is 0 Å². The maximum atomic E-state index is 13.9. The SMILES string of the molecule is Cc1cc(N2CCOCC2)ccc1/C=C1\SC(=O)N(Cc2ccccc2F)C1=O. The fourth-order valence-electron chi connectivity index (χ4n) is 3.41. The molecule has 7 heteroatoms. The molecule has 0 bridgehead atoms. The number of aryl methyl sites for hydroxylation is 1. The predicted molar refractivity (Wildman–Crippen MR) is 112 cm³/mol. The van der Waals surface area contributed by atoms with Crippen molar-refractivity contribution in [3.05, 3.63) is 69.9 Å². The Bertz CT molecular complexity index is 986. The van der Waals surface area contributed by atoms with Crippen LogP contribution in [0.3, 0.4) is 0 Å². The zero-order valence-electron chi connectivity index (χ0n) is 16.1. The number of rotatable bonds is 4. The van der Waals surface area contributed by atoms with Gasteiger partial charge in [-0.15, -0.1) is 0 Å². The lowest BCUT2D eigenvalue weighted by atomic mass is 10.1. The van der Waals surface area contributed by atoms with Crippen LogP contribution >= 0.6 is 11.8 Å². The predicted octanol–water partition coefficient (Wildman–Crippen LogP) is 4.21. The number of amides is 2. The molecule has 0 unspecified atom stereocenters. The summed E-state index contributed by atoms with van der Waals surface area (Å²) in [5.74, 6) is -0.815. The van der Waals surface area contributed by atoms with Crippen molar-refractivity contribution in [3.8, 4) is 0 Å². The smallest absolute Gasteiger partial charge is 0.293 e. The lowest BCUT2D eigenvalue weighted by Crippen LogP contribution is -2.36. The minimum atomic E-state index is -0.426. The topological polar surface area (TPSA) is 49.9 Å². The van der Waals surface area contributed by atoms with Gasteiger partial charge in [-0.2, -0.15) is 0 Å². The Kier molecular flexibility index (Phi) is 5.69. The summed E-state index contributed by atoms with van der Waals surface area (Å²) in [6, 6.07) is 12.2. The van der Waals surface area contributed by atoms with Gasteiger partial charge < -0.3 is 9.64 Å². The second kappa shape index (κ2) is 8.39. The Morgan fingerprint density at radius 2 is 1.90 bits per heavy atom. The number of anilines is 1. The first-order valence-corrected chi connectivity index (χ1v) is 10.3. The van der Waals surface area contributed by atoms with Crippen LogP contribution in [0.2, 0.25) is 0 Å². The number of hydrogen-bond donors (Lipinski definition) is 0. The summed E-state index contributed by atoms with van der Waals surface area (Å²) in [6.07, 6.45) is 1.74. The van der Waals surface area contributed by atoms with E-state index in [1.165, 1.54) is 6.07 Å². The van der Waals surface area contributed by atoms with Crippen molar-refractivity contribution in [2.24, 2.45) is 0 Å². The van der Waals surface area contributed by atoms with Crippen LogP contribution in [-0.2, 0) is 16.1 Å². The highest BCUT2D eigenvalue weighted by Crippen LogP contribution is 2.34. The number of carbonyl (C=O) groups is 2. The number of morpholine rings is 1. The summed E-state index contributed by atoms with van der Waals surface area (Å²) in [6.45, 7) is 5.07. The second-order valence-electron chi connectivity index (χ2n) is 7.00.